The first-order chi connectivity index (χ1) is 23.6. The van der Waals surface area contributed by atoms with Crippen LogP contribution in [0.4, 0.5) is 0 Å². The molecule has 0 saturated carbocycles. The number of cyclic esters (lactones) is 1. The minimum Gasteiger partial charge on any atom is -0.507 e. The van der Waals surface area contributed by atoms with Crippen molar-refractivity contribution < 1.29 is 38.9 Å². The van der Waals surface area contributed by atoms with Crippen LogP contribution in [0.2, 0.25) is 0 Å². The Morgan fingerprint density at radius 1 is 1.02 bits per heavy atom. The van der Waals surface area contributed by atoms with E-state index in [-0.39, 0.29) is 47.1 Å². The Hall–Kier alpha value is -5.12. The molecule has 49 heavy (non-hydrogen) atoms. The van der Waals surface area contributed by atoms with Gasteiger partial charge in [0.15, 0.2) is 0 Å². The normalized spacial score (nSPS) is 17.6. The highest BCUT2D eigenvalue weighted by Gasteiger charge is 2.31. The Bertz CT molecular complexity index is 1710. The second-order valence-corrected chi connectivity index (χ2v) is 12.7. The van der Waals surface area contributed by atoms with Crippen LogP contribution in [0.1, 0.15) is 96.0 Å². The summed E-state index contributed by atoms with van der Waals surface area (Å²) in [5, 5.41) is 25.9. The number of carbonyl (C=O) groups is 4. The largest absolute Gasteiger partial charge is 0.507 e. The van der Waals surface area contributed by atoms with E-state index < -0.39 is 29.6 Å². The number of benzene rings is 3. The first-order valence-corrected chi connectivity index (χ1v) is 16.9. The summed E-state index contributed by atoms with van der Waals surface area (Å²) in [6.45, 7) is 2.55. The maximum Gasteiger partial charge on any atom is 0.342 e. The summed E-state index contributed by atoms with van der Waals surface area (Å²) in [6, 6.07) is 16.2. The highest BCUT2D eigenvalue weighted by Crippen LogP contribution is 2.44. The van der Waals surface area contributed by atoms with Crippen molar-refractivity contribution in [3.8, 4) is 17.2 Å². The molecule has 5 rings (SSSR count). The molecule has 2 unspecified atom stereocenters. The summed E-state index contributed by atoms with van der Waals surface area (Å²) in [5.74, 6) is -2.43. The van der Waals surface area contributed by atoms with Gasteiger partial charge in [-0.1, -0.05) is 48.6 Å². The molecule has 0 aromatic heterocycles. The minimum atomic E-state index is -0.901. The van der Waals surface area contributed by atoms with E-state index in [2.05, 4.69) is 11.4 Å². The van der Waals surface area contributed by atoms with E-state index in [1.165, 1.54) is 18.7 Å². The molecule has 0 spiro atoms. The lowest BCUT2D eigenvalue weighted by Gasteiger charge is -2.29. The summed E-state index contributed by atoms with van der Waals surface area (Å²) in [4.78, 5) is 54.1. The van der Waals surface area contributed by atoms with E-state index in [4.69, 9.17) is 9.47 Å². The van der Waals surface area contributed by atoms with E-state index in [9.17, 15) is 29.4 Å². The molecule has 258 valence electrons. The van der Waals surface area contributed by atoms with E-state index in [1.807, 2.05) is 18.2 Å². The molecule has 0 saturated heterocycles. The fourth-order valence-electron chi connectivity index (χ4n) is 6.49. The zero-order valence-corrected chi connectivity index (χ0v) is 28.1. The number of phenols is 2. The van der Waals surface area contributed by atoms with Crippen LogP contribution in [0.15, 0.2) is 60.7 Å². The quantitative estimate of drug-likeness (QED) is 0.268. The van der Waals surface area contributed by atoms with Gasteiger partial charge in [0.05, 0.1) is 19.8 Å². The number of nitrogens with zero attached hydrogens (tertiary/aromatic N) is 1. The Morgan fingerprint density at radius 2 is 1.76 bits per heavy atom. The molecule has 0 aliphatic carbocycles. The number of esters is 1. The molecule has 2 amide bonds. The molecule has 0 bridgehead atoms. The van der Waals surface area contributed by atoms with Crippen LogP contribution >= 0.6 is 0 Å². The molecule has 10 nitrogen and oxygen atoms in total. The summed E-state index contributed by atoms with van der Waals surface area (Å²) in [5.41, 5.74) is 2.99. The average molecular weight is 669 g/mol. The molecule has 3 aromatic carbocycles. The second kappa shape index (κ2) is 16.3. The standard InChI is InChI=1S/C39H44N2O8/c1-25-9-8-14-30(42)13-5-3-4-11-28-21-33(43)37(38(46)36(28)39(47)49-25)32(27-15-17-31(48-2)18-16-27)22-34(44)40-23-35(45)41-20-19-26-10-6-7-12-29(26)24-41/h4,6-7,10-12,15-18,21,25,32,43,46H,3,5,8-9,13-14,19-20,22-24H2,1-2H3,(H,40,44). The number of hydrogen-bond donors (Lipinski definition) is 3. The number of ether oxygens (including phenoxy) is 2. The number of ketones is 1. The molecule has 0 fully saturated rings. The van der Waals surface area contributed by atoms with Crippen molar-refractivity contribution in [3.05, 3.63) is 94.1 Å². The highest BCUT2D eigenvalue weighted by molar-refractivity contribution is 5.98. The number of fused-ring (bicyclic) bond motifs is 2. The third-order valence-corrected chi connectivity index (χ3v) is 9.23. The number of rotatable bonds is 7. The maximum absolute atomic E-state index is 13.6. The van der Waals surface area contributed by atoms with Gasteiger partial charge in [-0.05, 0) is 79.5 Å². The van der Waals surface area contributed by atoms with Gasteiger partial charge in [0, 0.05) is 43.8 Å². The van der Waals surface area contributed by atoms with E-state index >= 15 is 0 Å². The number of phenolic OH excluding ortho intramolecular Hbond substituents is 2. The lowest BCUT2D eigenvalue weighted by molar-refractivity contribution is -0.133. The molecular weight excluding hydrogens is 624 g/mol. The lowest BCUT2D eigenvalue weighted by atomic mass is 9.84. The van der Waals surface area contributed by atoms with Crippen molar-refractivity contribution >= 4 is 29.6 Å². The van der Waals surface area contributed by atoms with Gasteiger partial charge >= 0.3 is 5.97 Å². The third-order valence-electron chi connectivity index (χ3n) is 9.23. The molecule has 2 aliphatic heterocycles. The van der Waals surface area contributed by atoms with Gasteiger partial charge in [0.2, 0.25) is 11.8 Å². The van der Waals surface area contributed by atoms with Crippen molar-refractivity contribution in [2.75, 3.05) is 20.2 Å². The minimum absolute atomic E-state index is 0.0113. The number of amides is 2. The molecular formula is C39H44N2O8. The van der Waals surface area contributed by atoms with Gasteiger partial charge in [-0.3, -0.25) is 14.4 Å². The SMILES string of the molecule is COc1ccc(C(CC(=O)NCC(=O)N2CCc3ccccc3C2)c2c(O)cc3c(c2O)C(=O)OC(C)CCCC(=O)CCCC=C3)cc1. The molecule has 0 radical (unpaired) electrons. The van der Waals surface area contributed by atoms with Gasteiger partial charge in [-0.15, -0.1) is 0 Å². The molecule has 2 aliphatic rings. The number of methoxy groups -OCH3 is 1. The average Bonchev–Trinajstić information content (AvgIpc) is 3.09. The number of hydrogen-bond acceptors (Lipinski definition) is 8. The van der Waals surface area contributed by atoms with Crippen LogP contribution in [0.25, 0.3) is 6.08 Å². The predicted molar refractivity (Wildman–Crippen MR) is 184 cm³/mol. The first kappa shape index (κ1) is 35.2. The van der Waals surface area contributed by atoms with E-state index in [0.717, 1.165) is 12.0 Å². The van der Waals surface area contributed by atoms with Gasteiger partial charge in [0.25, 0.3) is 0 Å². The fraction of sp³-hybridized carbons (Fsp3) is 0.385. The molecule has 3 N–H and O–H groups in total. The van der Waals surface area contributed by atoms with Crippen molar-refractivity contribution in [1.82, 2.24) is 10.2 Å². The van der Waals surface area contributed by atoms with E-state index in [1.54, 1.807) is 48.2 Å². The predicted octanol–water partition coefficient (Wildman–Crippen LogP) is 5.81. The molecule has 3 aromatic rings. The number of carbonyl (C=O) groups excluding carboxylic acids is 4. The van der Waals surface area contributed by atoms with Crippen molar-refractivity contribution in [3.63, 3.8) is 0 Å². The van der Waals surface area contributed by atoms with Gasteiger partial charge in [0.1, 0.15) is 28.6 Å². The number of allylic oxidation sites excluding steroid dienone is 1. The van der Waals surface area contributed by atoms with Crippen LogP contribution in [0.3, 0.4) is 0 Å². The molecule has 10 heteroatoms. The van der Waals surface area contributed by atoms with Gasteiger partial charge < -0.3 is 29.9 Å². The highest BCUT2D eigenvalue weighted by atomic mass is 16.5. The van der Waals surface area contributed by atoms with Crippen molar-refractivity contribution in [2.24, 2.45) is 0 Å². The maximum atomic E-state index is 13.6. The topological polar surface area (TPSA) is 142 Å². The third kappa shape index (κ3) is 8.87. The van der Waals surface area contributed by atoms with Gasteiger partial charge in [-0.25, -0.2) is 4.79 Å². The summed E-state index contributed by atoms with van der Waals surface area (Å²) < 4.78 is 11.0. The smallest absolute Gasteiger partial charge is 0.342 e. The van der Waals surface area contributed by atoms with Crippen LogP contribution in [0.5, 0.6) is 17.2 Å². The molecule has 2 atom stereocenters. The van der Waals surface area contributed by atoms with Crippen molar-refractivity contribution in [2.45, 2.75) is 76.9 Å². The second-order valence-electron chi connectivity index (χ2n) is 12.7. The summed E-state index contributed by atoms with van der Waals surface area (Å²) in [6.07, 6.45) is 6.51. The van der Waals surface area contributed by atoms with Gasteiger partial charge in [-0.2, -0.15) is 0 Å². The number of nitrogens with one attached hydrogen (secondary N) is 1. The zero-order chi connectivity index (χ0) is 34.9. The zero-order valence-electron chi connectivity index (χ0n) is 28.1. The Morgan fingerprint density at radius 3 is 2.51 bits per heavy atom. The summed E-state index contributed by atoms with van der Waals surface area (Å²) >= 11 is 0. The molecule has 2 heterocycles. The van der Waals surface area contributed by atoms with E-state index in [0.29, 0.717) is 62.9 Å². The first-order valence-electron chi connectivity index (χ1n) is 16.9. The Balaban J connectivity index is 1.43. The van der Waals surface area contributed by atoms with Crippen LogP contribution in [-0.4, -0.2) is 65.0 Å². The van der Waals surface area contributed by atoms with Crippen LogP contribution < -0.4 is 10.1 Å². The fourth-order valence-corrected chi connectivity index (χ4v) is 6.49. The Kier molecular flexibility index (Phi) is 11.7. The Labute approximate surface area is 286 Å². The number of Topliss-reactive ketones (excluding diaryl/α,β-unsaturated/α-hetero) is 1. The van der Waals surface area contributed by atoms with Crippen molar-refractivity contribution in [1.29, 1.82) is 0 Å². The van der Waals surface area contributed by atoms with Crippen LogP contribution in [0, 0.1) is 0 Å². The lowest BCUT2D eigenvalue weighted by Crippen LogP contribution is -2.42. The number of aromatic hydroxyl groups is 2. The monoisotopic (exact) mass is 668 g/mol. The summed E-state index contributed by atoms with van der Waals surface area (Å²) in [7, 11) is 1.53. The van der Waals surface area contributed by atoms with Crippen LogP contribution in [-0.2, 0) is 32.1 Å².